The average molecular weight is 233 g/mol. The van der Waals surface area contributed by atoms with Gasteiger partial charge in [0.2, 0.25) is 5.91 Å². The topological polar surface area (TPSA) is 63.2 Å². The fraction of sp³-hybridized carbons (Fsp3) is 0.900. The molecule has 1 aliphatic heterocycles. The summed E-state index contributed by atoms with van der Waals surface area (Å²) in [5, 5.41) is 2.82. The smallest absolute Gasteiger partial charge is 0.220 e. The summed E-state index contributed by atoms with van der Waals surface area (Å²) in [6.07, 6.45) is 1.73. The van der Waals surface area contributed by atoms with Crippen LogP contribution in [0.2, 0.25) is 0 Å². The number of carbonyl (C=O) groups is 1. The second-order valence-corrected chi connectivity index (χ2v) is 6.83. The monoisotopic (exact) mass is 233 g/mol. The van der Waals surface area contributed by atoms with Gasteiger partial charge < -0.3 is 5.32 Å². The summed E-state index contributed by atoms with van der Waals surface area (Å²) >= 11 is 0. The summed E-state index contributed by atoms with van der Waals surface area (Å²) in [6, 6.07) is 0.157. The number of hydrogen-bond donors (Lipinski definition) is 1. The molecule has 1 fully saturated rings. The van der Waals surface area contributed by atoms with Crippen molar-refractivity contribution in [2.24, 2.45) is 5.92 Å². The minimum Gasteiger partial charge on any atom is -0.354 e. The normalized spacial score (nSPS) is 21.5. The van der Waals surface area contributed by atoms with Gasteiger partial charge in [0, 0.05) is 12.5 Å². The van der Waals surface area contributed by atoms with Crippen LogP contribution in [0.25, 0.3) is 0 Å². The minimum atomic E-state index is -2.81. The molecule has 0 aromatic rings. The molecule has 1 heterocycles. The van der Waals surface area contributed by atoms with E-state index in [4.69, 9.17) is 0 Å². The van der Waals surface area contributed by atoms with Gasteiger partial charge in [-0.1, -0.05) is 0 Å². The Balaban J connectivity index is 2.33. The van der Waals surface area contributed by atoms with Crippen LogP contribution in [0.3, 0.4) is 0 Å². The van der Waals surface area contributed by atoms with E-state index in [9.17, 15) is 13.2 Å². The maximum Gasteiger partial charge on any atom is 0.220 e. The van der Waals surface area contributed by atoms with Gasteiger partial charge in [0.25, 0.3) is 0 Å². The van der Waals surface area contributed by atoms with E-state index < -0.39 is 9.84 Å². The molecule has 0 aromatic carbocycles. The van der Waals surface area contributed by atoms with Crippen LogP contribution in [0.1, 0.15) is 33.1 Å². The van der Waals surface area contributed by atoms with Crippen molar-refractivity contribution in [3.05, 3.63) is 0 Å². The molecule has 4 nitrogen and oxygen atoms in total. The molecule has 0 saturated carbocycles. The van der Waals surface area contributed by atoms with Crippen LogP contribution in [0, 0.1) is 5.92 Å². The summed E-state index contributed by atoms with van der Waals surface area (Å²) in [7, 11) is -2.81. The number of rotatable bonds is 3. The third-order valence-corrected chi connectivity index (χ3v) is 4.31. The summed E-state index contributed by atoms with van der Waals surface area (Å²) in [6.45, 7) is 3.84. The zero-order valence-electron chi connectivity index (χ0n) is 9.32. The van der Waals surface area contributed by atoms with Crippen LogP contribution >= 0.6 is 0 Å². The van der Waals surface area contributed by atoms with Gasteiger partial charge in [-0.2, -0.15) is 0 Å². The predicted octanol–water partition coefficient (Wildman–Crippen LogP) is 0.726. The predicted molar refractivity (Wildman–Crippen MR) is 59.3 cm³/mol. The molecule has 0 atom stereocenters. The van der Waals surface area contributed by atoms with Crippen molar-refractivity contribution in [2.75, 3.05) is 11.5 Å². The molecular formula is C10H19NO3S. The SMILES string of the molecule is CC(C)NC(=O)CC1CCS(=O)(=O)CC1. The van der Waals surface area contributed by atoms with Gasteiger partial charge in [0.05, 0.1) is 11.5 Å². The van der Waals surface area contributed by atoms with Crippen molar-refractivity contribution in [2.45, 2.75) is 39.2 Å². The molecule has 88 valence electrons. The molecule has 1 rings (SSSR count). The highest BCUT2D eigenvalue weighted by atomic mass is 32.2. The molecule has 1 N–H and O–H groups in total. The zero-order valence-corrected chi connectivity index (χ0v) is 10.1. The molecule has 0 unspecified atom stereocenters. The maximum atomic E-state index is 11.4. The summed E-state index contributed by atoms with van der Waals surface area (Å²) in [4.78, 5) is 11.4. The molecule has 1 saturated heterocycles. The lowest BCUT2D eigenvalue weighted by molar-refractivity contribution is -0.122. The van der Waals surface area contributed by atoms with Crippen LogP contribution in [0.4, 0.5) is 0 Å². The number of carbonyl (C=O) groups excluding carboxylic acids is 1. The Morgan fingerprint density at radius 2 is 1.87 bits per heavy atom. The van der Waals surface area contributed by atoms with Crippen LogP contribution in [0.15, 0.2) is 0 Å². The van der Waals surface area contributed by atoms with Gasteiger partial charge in [0.15, 0.2) is 0 Å². The van der Waals surface area contributed by atoms with Crippen molar-refractivity contribution in [1.82, 2.24) is 5.32 Å². The van der Waals surface area contributed by atoms with Crippen molar-refractivity contribution in [3.63, 3.8) is 0 Å². The molecule has 15 heavy (non-hydrogen) atoms. The maximum absolute atomic E-state index is 11.4. The van der Waals surface area contributed by atoms with Gasteiger partial charge in [-0.3, -0.25) is 4.79 Å². The molecule has 0 aromatic heterocycles. The van der Waals surface area contributed by atoms with Crippen LogP contribution in [-0.2, 0) is 14.6 Å². The highest BCUT2D eigenvalue weighted by Gasteiger charge is 2.25. The van der Waals surface area contributed by atoms with E-state index in [0.717, 1.165) is 0 Å². The lowest BCUT2D eigenvalue weighted by atomic mass is 9.98. The van der Waals surface area contributed by atoms with Gasteiger partial charge in [-0.05, 0) is 32.6 Å². The number of nitrogens with one attached hydrogen (secondary N) is 1. The number of hydrogen-bond acceptors (Lipinski definition) is 3. The van der Waals surface area contributed by atoms with E-state index in [-0.39, 0.29) is 29.4 Å². The molecule has 0 aliphatic carbocycles. The van der Waals surface area contributed by atoms with Crippen LogP contribution < -0.4 is 5.32 Å². The fourth-order valence-corrected chi connectivity index (χ4v) is 3.38. The van der Waals surface area contributed by atoms with E-state index in [1.54, 1.807) is 0 Å². The van der Waals surface area contributed by atoms with Crippen molar-refractivity contribution < 1.29 is 13.2 Å². The quantitative estimate of drug-likeness (QED) is 0.781. The first-order chi connectivity index (χ1) is 6.89. The summed E-state index contributed by atoms with van der Waals surface area (Å²) in [5.74, 6) is 0.765. The Kier molecular flexibility index (Phi) is 4.13. The van der Waals surface area contributed by atoms with Crippen LogP contribution in [0.5, 0.6) is 0 Å². The first-order valence-electron chi connectivity index (χ1n) is 5.39. The first-order valence-corrected chi connectivity index (χ1v) is 7.21. The Morgan fingerprint density at radius 3 is 2.33 bits per heavy atom. The second-order valence-electron chi connectivity index (χ2n) is 4.52. The molecule has 1 aliphatic rings. The van der Waals surface area contributed by atoms with Crippen LogP contribution in [-0.4, -0.2) is 31.9 Å². The Labute approximate surface area is 91.4 Å². The molecule has 0 bridgehead atoms. The lowest BCUT2D eigenvalue weighted by Gasteiger charge is -2.21. The van der Waals surface area contributed by atoms with E-state index in [0.29, 0.717) is 19.3 Å². The Bertz CT molecular complexity index is 308. The number of amides is 1. The van der Waals surface area contributed by atoms with E-state index in [1.807, 2.05) is 13.8 Å². The molecule has 5 heteroatoms. The van der Waals surface area contributed by atoms with Crippen molar-refractivity contribution in [1.29, 1.82) is 0 Å². The van der Waals surface area contributed by atoms with Gasteiger partial charge in [-0.15, -0.1) is 0 Å². The molecule has 0 spiro atoms. The summed E-state index contributed by atoms with van der Waals surface area (Å²) in [5.41, 5.74) is 0. The van der Waals surface area contributed by atoms with E-state index in [1.165, 1.54) is 0 Å². The zero-order chi connectivity index (χ0) is 11.5. The van der Waals surface area contributed by atoms with Gasteiger partial charge in [-0.25, -0.2) is 8.42 Å². The standard InChI is InChI=1S/C10H19NO3S/c1-8(2)11-10(12)7-9-3-5-15(13,14)6-4-9/h8-9H,3-7H2,1-2H3,(H,11,12). The van der Waals surface area contributed by atoms with Crippen molar-refractivity contribution in [3.8, 4) is 0 Å². The molecule has 1 amide bonds. The largest absolute Gasteiger partial charge is 0.354 e. The molecular weight excluding hydrogens is 214 g/mol. The number of sulfone groups is 1. The lowest BCUT2D eigenvalue weighted by Crippen LogP contribution is -2.33. The van der Waals surface area contributed by atoms with Gasteiger partial charge in [0.1, 0.15) is 9.84 Å². The highest BCUT2D eigenvalue weighted by Crippen LogP contribution is 2.21. The van der Waals surface area contributed by atoms with Crippen molar-refractivity contribution >= 4 is 15.7 Å². The van der Waals surface area contributed by atoms with E-state index in [2.05, 4.69) is 5.32 Å². The Morgan fingerprint density at radius 1 is 1.33 bits per heavy atom. The molecule has 0 radical (unpaired) electrons. The minimum absolute atomic E-state index is 0.0364. The first kappa shape index (κ1) is 12.5. The average Bonchev–Trinajstić information content (AvgIpc) is 2.07. The highest BCUT2D eigenvalue weighted by molar-refractivity contribution is 7.91. The van der Waals surface area contributed by atoms with E-state index >= 15 is 0 Å². The van der Waals surface area contributed by atoms with Gasteiger partial charge >= 0.3 is 0 Å². The third-order valence-electron chi connectivity index (χ3n) is 2.60. The Hall–Kier alpha value is -0.580. The summed E-state index contributed by atoms with van der Waals surface area (Å²) < 4.78 is 22.3. The second kappa shape index (κ2) is 4.96. The fourth-order valence-electron chi connectivity index (χ4n) is 1.79. The third kappa shape index (κ3) is 4.64.